The van der Waals surface area contributed by atoms with E-state index in [1.165, 1.54) is 11.3 Å². The van der Waals surface area contributed by atoms with Gasteiger partial charge >= 0.3 is 5.97 Å². The first-order chi connectivity index (χ1) is 10.6. The van der Waals surface area contributed by atoms with Gasteiger partial charge in [0.2, 0.25) is 0 Å². The standard InChI is InChI=1S/C15H17N3O3S/c1-10-14(15(19)20)17-13(22-10)3-2-11-4-7-16-18(11)12-5-8-21-9-6-12/h2-4,7,12H,5-6,8-9H2,1H3,(H,19,20). The molecule has 1 N–H and O–H groups in total. The molecule has 0 aliphatic carbocycles. The van der Waals surface area contributed by atoms with Gasteiger partial charge in [-0.05, 0) is 38.0 Å². The highest BCUT2D eigenvalue weighted by molar-refractivity contribution is 7.12. The van der Waals surface area contributed by atoms with E-state index in [0.717, 1.165) is 31.7 Å². The monoisotopic (exact) mass is 319 g/mol. The van der Waals surface area contributed by atoms with Gasteiger partial charge in [0.05, 0.1) is 11.7 Å². The molecular formula is C15H17N3O3S. The van der Waals surface area contributed by atoms with Gasteiger partial charge in [-0.2, -0.15) is 5.10 Å². The van der Waals surface area contributed by atoms with Crippen LogP contribution in [0.2, 0.25) is 0 Å². The molecule has 116 valence electrons. The summed E-state index contributed by atoms with van der Waals surface area (Å²) in [7, 11) is 0. The zero-order chi connectivity index (χ0) is 15.5. The first kappa shape index (κ1) is 14.9. The Hall–Kier alpha value is -1.99. The number of aryl methyl sites for hydroxylation is 1. The van der Waals surface area contributed by atoms with Gasteiger partial charge in [-0.3, -0.25) is 4.68 Å². The zero-order valence-corrected chi connectivity index (χ0v) is 13.0. The van der Waals surface area contributed by atoms with Gasteiger partial charge in [0.25, 0.3) is 0 Å². The number of rotatable bonds is 4. The highest BCUT2D eigenvalue weighted by Gasteiger charge is 2.18. The number of thiazole rings is 1. The molecule has 0 saturated carbocycles. The molecule has 1 saturated heterocycles. The molecule has 0 amide bonds. The quantitative estimate of drug-likeness (QED) is 0.937. The number of ether oxygens (including phenoxy) is 1. The minimum Gasteiger partial charge on any atom is -0.476 e. The Balaban J connectivity index is 1.80. The maximum atomic E-state index is 11.0. The number of hydrogen-bond acceptors (Lipinski definition) is 5. The lowest BCUT2D eigenvalue weighted by molar-refractivity contribution is 0.0660. The second-order valence-electron chi connectivity index (χ2n) is 5.14. The molecule has 0 radical (unpaired) electrons. The third-order valence-corrected chi connectivity index (χ3v) is 4.59. The van der Waals surface area contributed by atoms with Gasteiger partial charge in [0.15, 0.2) is 5.69 Å². The minimum absolute atomic E-state index is 0.127. The molecule has 7 heteroatoms. The Labute approximate surface area is 132 Å². The predicted octanol–water partition coefficient (Wildman–Crippen LogP) is 2.87. The van der Waals surface area contributed by atoms with E-state index in [2.05, 4.69) is 10.1 Å². The first-order valence-electron chi connectivity index (χ1n) is 7.15. The summed E-state index contributed by atoms with van der Waals surface area (Å²) in [4.78, 5) is 15.9. The van der Waals surface area contributed by atoms with Crippen LogP contribution < -0.4 is 0 Å². The van der Waals surface area contributed by atoms with Crippen LogP contribution in [0.5, 0.6) is 0 Å². The van der Waals surface area contributed by atoms with Crippen molar-refractivity contribution in [2.45, 2.75) is 25.8 Å². The molecular weight excluding hydrogens is 302 g/mol. The molecule has 3 heterocycles. The van der Waals surface area contributed by atoms with Crippen molar-refractivity contribution in [3.05, 3.63) is 33.5 Å². The van der Waals surface area contributed by atoms with E-state index in [-0.39, 0.29) is 5.69 Å². The van der Waals surface area contributed by atoms with Crippen molar-refractivity contribution in [1.29, 1.82) is 0 Å². The van der Waals surface area contributed by atoms with Crippen LogP contribution in [0.15, 0.2) is 12.3 Å². The molecule has 22 heavy (non-hydrogen) atoms. The molecule has 0 spiro atoms. The van der Waals surface area contributed by atoms with E-state index in [4.69, 9.17) is 9.84 Å². The Morgan fingerprint density at radius 1 is 1.45 bits per heavy atom. The summed E-state index contributed by atoms with van der Waals surface area (Å²) in [5, 5.41) is 14.1. The maximum absolute atomic E-state index is 11.0. The maximum Gasteiger partial charge on any atom is 0.355 e. The Morgan fingerprint density at radius 2 is 2.23 bits per heavy atom. The highest BCUT2D eigenvalue weighted by atomic mass is 32.1. The molecule has 0 bridgehead atoms. The van der Waals surface area contributed by atoms with Gasteiger partial charge < -0.3 is 9.84 Å². The molecule has 0 aromatic carbocycles. The number of hydrogen-bond donors (Lipinski definition) is 1. The Morgan fingerprint density at radius 3 is 2.91 bits per heavy atom. The number of carbonyl (C=O) groups is 1. The van der Waals surface area contributed by atoms with Crippen molar-refractivity contribution in [2.75, 3.05) is 13.2 Å². The van der Waals surface area contributed by atoms with Crippen LogP contribution in [-0.2, 0) is 4.74 Å². The summed E-state index contributed by atoms with van der Waals surface area (Å²) in [5.74, 6) is -0.986. The van der Waals surface area contributed by atoms with Crippen LogP contribution in [0, 0.1) is 6.92 Å². The molecule has 2 aromatic heterocycles. The molecule has 2 aromatic rings. The average Bonchev–Trinajstić information content (AvgIpc) is 3.12. The molecule has 0 unspecified atom stereocenters. The number of carboxylic acid groups (broad SMARTS) is 1. The fourth-order valence-corrected chi connectivity index (χ4v) is 3.35. The van der Waals surface area contributed by atoms with E-state index >= 15 is 0 Å². The second kappa shape index (κ2) is 6.41. The molecule has 3 rings (SSSR count). The summed E-state index contributed by atoms with van der Waals surface area (Å²) in [5.41, 5.74) is 1.12. The SMILES string of the molecule is Cc1sc(C=Cc2ccnn2C2CCOCC2)nc1C(=O)O. The van der Waals surface area contributed by atoms with Crippen LogP contribution in [0.25, 0.3) is 12.2 Å². The molecule has 1 aliphatic rings. The van der Waals surface area contributed by atoms with E-state index in [1.54, 1.807) is 13.1 Å². The minimum atomic E-state index is -0.986. The van der Waals surface area contributed by atoms with Crippen molar-refractivity contribution < 1.29 is 14.6 Å². The largest absolute Gasteiger partial charge is 0.476 e. The predicted molar refractivity (Wildman–Crippen MR) is 84.1 cm³/mol. The third-order valence-electron chi connectivity index (χ3n) is 3.65. The number of carboxylic acids is 1. The molecule has 1 fully saturated rings. The lowest BCUT2D eigenvalue weighted by Crippen LogP contribution is -2.21. The van der Waals surface area contributed by atoms with Crippen molar-refractivity contribution in [2.24, 2.45) is 0 Å². The second-order valence-corrected chi connectivity index (χ2v) is 6.37. The van der Waals surface area contributed by atoms with Gasteiger partial charge in [0, 0.05) is 24.3 Å². The average molecular weight is 319 g/mol. The zero-order valence-electron chi connectivity index (χ0n) is 12.2. The van der Waals surface area contributed by atoms with Crippen LogP contribution in [0.1, 0.15) is 45.0 Å². The van der Waals surface area contributed by atoms with Crippen molar-refractivity contribution in [1.82, 2.24) is 14.8 Å². The fourth-order valence-electron chi connectivity index (χ4n) is 2.53. The van der Waals surface area contributed by atoms with Crippen molar-refractivity contribution in [3.8, 4) is 0 Å². The van der Waals surface area contributed by atoms with Crippen LogP contribution in [0.4, 0.5) is 0 Å². The summed E-state index contributed by atoms with van der Waals surface area (Å²) < 4.78 is 7.39. The number of nitrogens with zero attached hydrogens (tertiary/aromatic N) is 3. The van der Waals surface area contributed by atoms with Gasteiger partial charge in [-0.15, -0.1) is 11.3 Å². The smallest absolute Gasteiger partial charge is 0.355 e. The van der Waals surface area contributed by atoms with E-state index in [9.17, 15) is 4.79 Å². The lowest BCUT2D eigenvalue weighted by Gasteiger charge is -2.23. The van der Waals surface area contributed by atoms with E-state index in [0.29, 0.717) is 15.9 Å². The summed E-state index contributed by atoms with van der Waals surface area (Å²) in [6.45, 7) is 3.30. The van der Waals surface area contributed by atoms with Crippen LogP contribution in [0.3, 0.4) is 0 Å². The molecule has 6 nitrogen and oxygen atoms in total. The summed E-state index contributed by atoms with van der Waals surface area (Å²) in [6, 6.07) is 2.31. The van der Waals surface area contributed by atoms with Crippen molar-refractivity contribution >= 4 is 29.5 Å². The number of aromatic carboxylic acids is 1. The molecule has 0 atom stereocenters. The first-order valence-corrected chi connectivity index (χ1v) is 7.97. The molecule has 1 aliphatic heterocycles. The highest BCUT2D eigenvalue weighted by Crippen LogP contribution is 2.24. The lowest BCUT2D eigenvalue weighted by atomic mass is 10.1. The van der Waals surface area contributed by atoms with Crippen LogP contribution in [-0.4, -0.2) is 39.1 Å². The van der Waals surface area contributed by atoms with Crippen LogP contribution >= 0.6 is 11.3 Å². The van der Waals surface area contributed by atoms with Gasteiger partial charge in [-0.25, -0.2) is 9.78 Å². The van der Waals surface area contributed by atoms with Gasteiger partial charge in [-0.1, -0.05) is 0 Å². The normalized spacial score (nSPS) is 16.4. The van der Waals surface area contributed by atoms with Crippen molar-refractivity contribution in [3.63, 3.8) is 0 Å². The number of aromatic nitrogens is 3. The van der Waals surface area contributed by atoms with E-state index < -0.39 is 5.97 Å². The summed E-state index contributed by atoms with van der Waals surface area (Å²) in [6.07, 6.45) is 7.48. The summed E-state index contributed by atoms with van der Waals surface area (Å²) >= 11 is 1.38. The van der Waals surface area contributed by atoms with Gasteiger partial charge in [0.1, 0.15) is 5.01 Å². The Kier molecular flexibility index (Phi) is 4.35. The van der Waals surface area contributed by atoms with E-state index in [1.807, 2.05) is 22.9 Å². The Bertz CT molecular complexity index is 699. The fraction of sp³-hybridized carbons (Fsp3) is 0.400. The topological polar surface area (TPSA) is 77.2 Å². The third kappa shape index (κ3) is 3.10.